The molecule has 0 amide bonds. The molecule has 1 aromatic carbocycles. The van der Waals surface area contributed by atoms with Gasteiger partial charge in [0.2, 0.25) is 0 Å². The van der Waals surface area contributed by atoms with Crippen LogP contribution in [-0.4, -0.2) is 22.4 Å². The summed E-state index contributed by atoms with van der Waals surface area (Å²) in [6.45, 7) is 0. The first-order chi connectivity index (χ1) is 8.17. The molecule has 17 heavy (non-hydrogen) atoms. The van der Waals surface area contributed by atoms with Crippen LogP contribution in [-0.2, 0) is 0 Å². The molecule has 86 valence electrons. The number of nitrogen functional groups attached to an aromatic ring is 1. The Morgan fingerprint density at radius 1 is 1.53 bits per heavy atom. The van der Waals surface area contributed by atoms with Crippen LogP contribution in [0.4, 0.5) is 5.82 Å². The standard InChI is InChI=1S/C11H10N4O2/c1-17-9-3-6(2-7(4-12)10(9)16)8-5-14-15-11(8)13/h2-3,5,16H,1H3,(H3,13,14,15). The lowest BCUT2D eigenvalue weighted by atomic mass is 10.0. The van der Waals surface area contributed by atoms with E-state index in [1.54, 1.807) is 12.3 Å². The van der Waals surface area contributed by atoms with Gasteiger partial charge in [-0.15, -0.1) is 0 Å². The Kier molecular flexibility index (Phi) is 2.58. The van der Waals surface area contributed by atoms with E-state index in [0.717, 1.165) is 0 Å². The summed E-state index contributed by atoms with van der Waals surface area (Å²) in [5.74, 6) is 0.432. The third-order valence-corrected chi connectivity index (χ3v) is 2.40. The fraction of sp³-hybridized carbons (Fsp3) is 0.0909. The number of rotatable bonds is 2. The van der Waals surface area contributed by atoms with Crippen molar-refractivity contribution in [1.82, 2.24) is 10.2 Å². The number of hydrogen-bond acceptors (Lipinski definition) is 5. The summed E-state index contributed by atoms with van der Waals surface area (Å²) in [5.41, 5.74) is 7.12. The van der Waals surface area contributed by atoms with Gasteiger partial charge >= 0.3 is 0 Å². The maximum atomic E-state index is 9.68. The lowest BCUT2D eigenvalue weighted by molar-refractivity contribution is 0.373. The molecular weight excluding hydrogens is 220 g/mol. The number of H-pyrrole nitrogens is 1. The highest BCUT2D eigenvalue weighted by Crippen LogP contribution is 2.36. The van der Waals surface area contributed by atoms with Crippen molar-refractivity contribution >= 4 is 5.82 Å². The van der Waals surface area contributed by atoms with E-state index < -0.39 is 0 Å². The van der Waals surface area contributed by atoms with E-state index in [1.165, 1.54) is 13.2 Å². The summed E-state index contributed by atoms with van der Waals surface area (Å²) < 4.78 is 4.99. The Morgan fingerprint density at radius 3 is 2.82 bits per heavy atom. The second-order valence-corrected chi connectivity index (χ2v) is 3.38. The van der Waals surface area contributed by atoms with Crippen LogP contribution in [0.3, 0.4) is 0 Å². The molecule has 0 aliphatic carbocycles. The highest BCUT2D eigenvalue weighted by Gasteiger charge is 2.13. The van der Waals surface area contributed by atoms with Crippen LogP contribution in [0.15, 0.2) is 18.3 Å². The van der Waals surface area contributed by atoms with Gasteiger partial charge in [0, 0.05) is 5.56 Å². The van der Waals surface area contributed by atoms with Crippen LogP contribution < -0.4 is 10.5 Å². The van der Waals surface area contributed by atoms with Crippen LogP contribution >= 0.6 is 0 Å². The first kappa shape index (κ1) is 10.8. The average Bonchev–Trinajstić information content (AvgIpc) is 2.76. The zero-order valence-electron chi connectivity index (χ0n) is 9.06. The number of nitrogens with zero attached hydrogens (tertiary/aromatic N) is 2. The molecule has 4 N–H and O–H groups in total. The molecule has 0 saturated heterocycles. The van der Waals surface area contributed by atoms with E-state index in [9.17, 15) is 5.11 Å². The number of nitrogens with two attached hydrogens (primary N) is 1. The lowest BCUT2D eigenvalue weighted by Crippen LogP contribution is -1.91. The van der Waals surface area contributed by atoms with Crippen molar-refractivity contribution in [2.24, 2.45) is 0 Å². The number of nitriles is 1. The summed E-state index contributed by atoms with van der Waals surface area (Å²) in [5, 5.41) is 25.0. The van der Waals surface area contributed by atoms with E-state index in [1.807, 2.05) is 6.07 Å². The first-order valence-corrected chi connectivity index (χ1v) is 4.77. The van der Waals surface area contributed by atoms with E-state index in [4.69, 9.17) is 15.7 Å². The number of aromatic amines is 1. The van der Waals surface area contributed by atoms with E-state index >= 15 is 0 Å². The van der Waals surface area contributed by atoms with Gasteiger partial charge in [-0.05, 0) is 17.7 Å². The monoisotopic (exact) mass is 230 g/mol. The molecule has 2 rings (SSSR count). The quantitative estimate of drug-likeness (QED) is 0.719. The van der Waals surface area contributed by atoms with Gasteiger partial charge in [-0.3, -0.25) is 5.10 Å². The van der Waals surface area contributed by atoms with Crippen molar-refractivity contribution < 1.29 is 9.84 Å². The van der Waals surface area contributed by atoms with Gasteiger partial charge in [-0.1, -0.05) is 0 Å². The van der Waals surface area contributed by atoms with Crippen LogP contribution in [0.5, 0.6) is 11.5 Å². The second kappa shape index (κ2) is 4.06. The molecule has 0 aliphatic rings. The molecule has 0 atom stereocenters. The molecule has 1 aromatic heterocycles. The highest BCUT2D eigenvalue weighted by atomic mass is 16.5. The maximum absolute atomic E-state index is 9.68. The van der Waals surface area contributed by atoms with E-state index in [-0.39, 0.29) is 17.1 Å². The van der Waals surface area contributed by atoms with Gasteiger partial charge in [-0.25, -0.2) is 0 Å². The predicted molar refractivity (Wildman–Crippen MR) is 61.4 cm³/mol. The second-order valence-electron chi connectivity index (χ2n) is 3.38. The minimum atomic E-state index is -0.180. The first-order valence-electron chi connectivity index (χ1n) is 4.77. The zero-order valence-corrected chi connectivity index (χ0v) is 9.06. The fourth-order valence-corrected chi connectivity index (χ4v) is 1.53. The number of phenols is 1. The fourth-order valence-electron chi connectivity index (χ4n) is 1.53. The van der Waals surface area contributed by atoms with Crippen molar-refractivity contribution in [2.75, 3.05) is 12.8 Å². The van der Waals surface area contributed by atoms with Gasteiger partial charge < -0.3 is 15.6 Å². The van der Waals surface area contributed by atoms with Crippen LogP contribution in [0.2, 0.25) is 0 Å². The van der Waals surface area contributed by atoms with Gasteiger partial charge in [0.05, 0.1) is 18.9 Å². The number of anilines is 1. The Bertz CT molecular complexity index is 598. The molecule has 0 radical (unpaired) electrons. The number of methoxy groups -OCH3 is 1. The molecule has 6 heteroatoms. The topological polar surface area (TPSA) is 108 Å². The SMILES string of the molecule is COc1cc(-c2cn[nH]c2N)cc(C#N)c1O. The van der Waals surface area contributed by atoms with Crippen molar-refractivity contribution in [1.29, 1.82) is 5.26 Å². The number of ether oxygens (including phenoxy) is 1. The summed E-state index contributed by atoms with van der Waals surface area (Å²) in [4.78, 5) is 0. The van der Waals surface area contributed by atoms with Gasteiger partial charge in [0.1, 0.15) is 11.9 Å². The van der Waals surface area contributed by atoms with Crippen molar-refractivity contribution in [2.45, 2.75) is 0 Å². The smallest absolute Gasteiger partial charge is 0.175 e. The van der Waals surface area contributed by atoms with Gasteiger partial charge in [-0.2, -0.15) is 10.4 Å². The number of aromatic hydroxyl groups is 1. The molecule has 2 aromatic rings. The Hall–Kier alpha value is -2.68. The largest absolute Gasteiger partial charge is 0.503 e. The van der Waals surface area contributed by atoms with Gasteiger partial charge in [0.15, 0.2) is 11.5 Å². The van der Waals surface area contributed by atoms with Crippen molar-refractivity contribution in [3.05, 3.63) is 23.9 Å². The zero-order chi connectivity index (χ0) is 12.4. The summed E-state index contributed by atoms with van der Waals surface area (Å²) in [6, 6.07) is 5.01. The van der Waals surface area contributed by atoms with Gasteiger partial charge in [0.25, 0.3) is 0 Å². The molecule has 0 fully saturated rings. The van der Waals surface area contributed by atoms with E-state index in [0.29, 0.717) is 16.9 Å². The number of benzene rings is 1. The molecule has 0 saturated carbocycles. The van der Waals surface area contributed by atoms with Crippen LogP contribution in [0, 0.1) is 11.3 Å². The highest BCUT2D eigenvalue weighted by molar-refractivity contribution is 5.77. The third-order valence-electron chi connectivity index (χ3n) is 2.40. The normalized spacial score (nSPS) is 9.88. The Morgan fingerprint density at radius 2 is 2.29 bits per heavy atom. The van der Waals surface area contributed by atoms with Crippen LogP contribution in [0.25, 0.3) is 11.1 Å². The number of phenolic OH excluding ortho intramolecular Hbond substituents is 1. The maximum Gasteiger partial charge on any atom is 0.175 e. The van der Waals surface area contributed by atoms with Crippen molar-refractivity contribution in [3.8, 4) is 28.7 Å². The summed E-state index contributed by atoms with van der Waals surface area (Å²) in [7, 11) is 1.42. The Balaban J connectivity index is 2.65. The molecule has 0 spiro atoms. The molecular formula is C11H10N4O2. The number of hydrogen-bond donors (Lipinski definition) is 3. The minimum absolute atomic E-state index is 0.125. The average molecular weight is 230 g/mol. The number of nitrogens with one attached hydrogen (secondary N) is 1. The molecule has 6 nitrogen and oxygen atoms in total. The minimum Gasteiger partial charge on any atom is -0.503 e. The third kappa shape index (κ3) is 1.74. The molecule has 1 heterocycles. The van der Waals surface area contributed by atoms with E-state index in [2.05, 4.69) is 10.2 Å². The summed E-state index contributed by atoms with van der Waals surface area (Å²) >= 11 is 0. The number of aromatic nitrogens is 2. The van der Waals surface area contributed by atoms with Crippen molar-refractivity contribution in [3.63, 3.8) is 0 Å². The predicted octanol–water partition coefficient (Wildman–Crippen LogP) is 1.24. The Labute approximate surface area is 97.3 Å². The molecule has 0 unspecified atom stereocenters. The summed E-state index contributed by atoms with van der Waals surface area (Å²) in [6.07, 6.45) is 1.54. The lowest BCUT2D eigenvalue weighted by Gasteiger charge is -2.07. The molecule has 0 aliphatic heterocycles. The van der Waals surface area contributed by atoms with Crippen LogP contribution in [0.1, 0.15) is 5.56 Å². The molecule has 0 bridgehead atoms.